The van der Waals surface area contributed by atoms with Crippen LogP contribution < -0.4 is 11.0 Å². The fourth-order valence-electron chi connectivity index (χ4n) is 2.40. The summed E-state index contributed by atoms with van der Waals surface area (Å²) >= 11 is 1.70. The van der Waals surface area contributed by atoms with E-state index >= 15 is 0 Å². The summed E-state index contributed by atoms with van der Waals surface area (Å²) in [4.78, 5) is 18.2. The number of benzene rings is 2. The van der Waals surface area contributed by atoms with E-state index < -0.39 is 0 Å². The Balaban J connectivity index is 1.88. The number of nitrogens with zero attached hydrogens (tertiary/aromatic N) is 3. The number of para-hydroxylation sites is 1. The van der Waals surface area contributed by atoms with Crippen LogP contribution >= 0.6 is 11.8 Å². The fraction of sp³-hybridized carbons (Fsp3) is 0.167. The van der Waals surface area contributed by atoms with Gasteiger partial charge >= 0.3 is 0 Å². The maximum atomic E-state index is 12.5. The first kappa shape index (κ1) is 16.3. The lowest BCUT2D eigenvalue weighted by Crippen LogP contribution is -2.23. The van der Waals surface area contributed by atoms with Gasteiger partial charge in [0.05, 0.1) is 17.1 Å². The van der Waals surface area contributed by atoms with E-state index in [2.05, 4.69) is 15.5 Å². The molecule has 0 bridgehead atoms. The summed E-state index contributed by atoms with van der Waals surface area (Å²) in [5, 5.41) is 4.83. The quantitative estimate of drug-likeness (QED) is 0.439. The normalized spacial score (nSPS) is 11.2. The summed E-state index contributed by atoms with van der Waals surface area (Å²) in [5.41, 5.74) is 4.47. The Kier molecular flexibility index (Phi) is 4.96. The van der Waals surface area contributed by atoms with Crippen LogP contribution in [0.1, 0.15) is 12.5 Å². The van der Waals surface area contributed by atoms with Gasteiger partial charge in [-0.2, -0.15) is 5.10 Å². The Labute approximate surface area is 144 Å². The van der Waals surface area contributed by atoms with E-state index in [-0.39, 0.29) is 5.56 Å². The average molecular weight is 338 g/mol. The lowest BCUT2D eigenvalue weighted by Gasteiger charge is -2.10. The molecule has 0 spiro atoms. The predicted molar refractivity (Wildman–Crippen MR) is 101 cm³/mol. The molecule has 3 aromatic rings. The molecule has 1 heterocycles. The zero-order chi connectivity index (χ0) is 16.9. The second-order valence-electron chi connectivity index (χ2n) is 5.15. The number of fused-ring (bicyclic) bond motifs is 1. The van der Waals surface area contributed by atoms with Crippen molar-refractivity contribution in [1.29, 1.82) is 0 Å². The van der Waals surface area contributed by atoms with Gasteiger partial charge in [0.25, 0.3) is 5.56 Å². The molecule has 5 nitrogen and oxygen atoms in total. The number of nitrogens with one attached hydrogen (secondary N) is 1. The molecule has 122 valence electrons. The monoisotopic (exact) mass is 338 g/mol. The van der Waals surface area contributed by atoms with E-state index in [4.69, 9.17) is 0 Å². The minimum Gasteiger partial charge on any atom is -0.277 e. The van der Waals surface area contributed by atoms with Gasteiger partial charge in [-0.05, 0) is 43.0 Å². The molecule has 0 saturated heterocycles. The number of rotatable bonds is 5. The van der Waals surface area contributed by atoms with E-state index in [9.17, 15) is 4.79 Å². The molecule has 1 N–H and O–H groups in total. The van der Waals surface area contributed by atoms with E-state index in [0.29, 0.717) is 23.4 Å². The largest absolute Gasteiger partial charge is 0.277 e. The van der Waals surface area contributed by atoms with Crippen LogP contribution in [0.4, 0.5) is 5.95 Å². The third kappa shape index (κ3) is 3.33. The molecule has 0 aliphatic heterocycles. The Morgan fingerprint density at radius 3 is 2.67 bits per heavy atom. The van der Waals surface area contributed by atoms with Crippen LogP contribution in [-0.2, 0) is 6.54 Å². The summed E-state index contributed by atoms with van der Waals surface area (Å²) in [7, 11) is 0. The molecule has 0 fully saturated rings. The summed E-state index contributed by atoms with van der Waals surface area (Å²) in [5.74, 6) is 0.443. The highest BCUT2D eigenvalue weighted by Gasteiger charge is 2.08. The zero-order valence-electron chi connectivity index (χ0n) is 13.6. The number of anilines is 1. The first-order chi connectivity index (χ1) is 11.7. The number of hydrogen-bond acceptors (Lipinski definition) is 5. The van der Waals surface area contributed by atoms with E-state index in [0.717, 1.165) is 5.56 Å². The minimum absolute atomic E-state index is 0.0647. The maximum absolute atomic E-state index is 12.5. The SMILES string of the molecule is CCn1c(N/N=C\c2ccc(SC)cc2)nc2ccccc2c1=O. The lowest BCUT2D eigenvalue weighted by molar-refractivity contribution is 0.724. The molecule has 3 rings (SSSR count). The van der Waals surface area contributed by atoms with E-state index in [1.807, 2.05) is 55.6 Å². The minimum atomic E-state index is -0.0647. The molecule has 0 unspecified atom stereocenters. The van der Waals surface area contributed by atoms with Crippen molar-refractivity contribution in [3.63, 3.8) is 0 Å². The molecule has 0 saturated carbocycles. The van der Waals surface area contributed by atoms with Gasteiger partial charge in [0.15, 0.2) is 0 Å². The van der Waals surface area contributed by atoms with Crippen molar-refractivity contribution in [2.75, 3.05) is 11.7 Å². The van der Waals surface area contributed by atoms with Crippen LogP contribution in [0.2, 0.25) is 0 Å². The van der Waals surface area contributed by atoms with Gasteiger partial charge in [0, 0.05) is 11.4 Å². The van der Waals surface area contributed by atoms with Gasteiger partial charge < -0.3 is 0 Å². The molecule has 6 heteroatoms. The third-order valence-corrected chi connectivity index (χ3v) is 4.42. The molecular weight excluding hydrogens is 320 g/mol. The molecule has 1 aromatic heterocycles. The van der Waals surface area contributed by atoms with Gasteiger partial charge in [0.2, 0.25) is 5.95 Å². The molecule has 2 aromatic carbocycles. The van der Waals surface area contributed by atoms with Gasteiger partial charge in [-0.15, -0.1) is 11.8 Å². The van der Waals surface area contributed by atoms with Crippen LogP contribution in [0.25, 0.3) is 10.9 Å². The second kappa shape index (κ2) is 7.31. The highest BCUT2D eigenvalue weighted by Crippen LogP contribution is 2.14. The van der Waals surface area contributed by atoms with E-state index in [1.54, 1.807) is 28.6 Å². The van der Waals surface area contributed by atoms with Crippen LogP contribution in [0, 0.1) is 0 Å². The molecule has 0 aliphatic carbocycles. The van der Waals surface area contributed by atoms with Crippen molar-refractivity contribution in [2.24, 2.45) is 5.10 Å². The standard InChI is InChI=1S/C18H18N4OS/c1-3-22-17(23)15-6-4-5-7-16(15)20-18(22)21-19-12-13-8-10-14(24-2)11-9-13/h4-12H,3H2,1-2H3,(H,20,21)/b19-12-. The van der Waals surface area contributed by atoms with Crippen molar-refractivity contribution in [3.8, 4) is 0 Å². The van der Waals surface area contributed by atoms with Gasteiger partial charge in [-0.1, -0.05) is 24.3 Å². The van der Waals surface area contributed by atoms with Crippen LogP contribution in [0.5, 0.6) is 0 Å². The van der Waals surface area contributed by atoms with Crippen LogP contribution in [0.3, 0.4) is 0 Å². The highest BCUT2D eigenvalue weighted by atomic mass is 32.2. The van der Waals surface area contributed by atoms with Crippen molar-refractivity contribution < 1.29 is 0 Å². The average Bonchev–Trinajstić information content (AvgIpc) is 2.63. The number of thioether (sulfide) groups is 1. The fourth-order valence-corrected chi connectivity index (χ4v) is 2.81. The molecule has 0 atom stereocenters. The zero-order valence-corrected chi connectivity index (χ0v) is 14.4. The lowest BCUT2D eigenvalue weighted by atomic mass is 10.2. The summed E-state index contributed by atoms with van der Waals surface area (Å²) in [6, 6.07) is 15.4. The second-order valence-corrected chi connectivity index (χ2v) is 6.02. The molecule has 24 heavy (non-hydrogen) atoms. The van der Waals surface area contributed by atoms with Gasteiger partial charge in [-0.3, -0.25) is 9.36 Å². The molecule has 0 amide bonds. The first-order valence-electron chi connectivity index (χ1n) is 7.65. The predicted octanol–water partition coefficient (Wildman–Crippen LogP) is 3.58. The Bertz CT molecular complexity index is 932. The number of hydrogen-bond donors (Lipinski definition) is 1. The number of aromatic nitrogens is 2. The molecular formula is C18H18N4OS. The highest BCUT2D eigenvalue weighted by molar-refractivity contribution is 7.98. The topological polar surface area (TPSA) is 59.3 Å². The molecule has 0 aliphatic rings. The molecule has 0 radical (unpaired) electrons. The summed E-state index contributed by atoms with van der Waals surface area (Å²) in [6.07, 6.45) is 3.76. The van der Waals surface area contributed by atoms with Crippen LogP contribution in [-0.4, -0.2) is 22.0 Å². The smallest absolute Gasteiger partial charge is 0.262 e. The van der Waals surface area contributed by atoms with Gasteiger partial charge in [0.1, 0.15) is 0 Å². The van der Waals surface area contributed by atoms with Crippen molar-refractivity contribution in [3.05, 3.63) is 64.4 Å². The first-order valence-corrected chi connectivity index (χ1v) is 8.88. The Hall–Kier alpha value is -2.60. The number of hydrazone groups is 1. The third-order valence-electron chi connectivity index (χ3n) is 3.67. The Morgan fingerprint density at radius 2 is 1.96 bits per heavy atom. The maximum Gasteiger partial charge on any atom is 0.262 e. The van der Waals surface area contributed by atoms with Crippen molar-refractivity contribution in [1.82, 2.24) is 9.55 Å². The van der Waals surface area contributed by atoms with Crippen LogP contribution in [0.15, 0.2) is 63.3 Å². The summed E-state index contributed by atoms with van der Waals surface area (Å²) in [6.45, 7) is 2.44. The van der Waals surface area contributed by atoms with E-state index in [1.165, 1.54) is 4.90 Å². The Morgan fingerprint density at radius 1 is 1.21 bits per heavy atom. The van der Waals surface area contributed by atoms with Crippen molar-refractivity contribution >= 4 is 34.8 Å². The van der Waals surface area contributed by atoms with Gasteiger partial charge in [-0.25, -0.2) is 10.4 Å². The summed E-state index contributed by atoms with van der Waals surface area (Å²) < 4.78 is 1.58. The van der Waals surface area contributed by atoms with Crippen molar-refractivity contribution in [2.45, 2.75) is 18.4 Å².